The van der Waals surface area contributed by atoms with Crippen molar-refractivity contribution < 1.29 is 13.2 Å². The highest BCUT2D eigenvalue weighted by Crippen LogP contribution is 2.28. The number of benzene rings is 2. The molecule has 2 heterocycles. The maximum Gasteiger partial charge on any atom is 0.263 e. The minimum atomic E-state index is -3.91. The average molecular weight is 490 g/mol. The summed E-state index contributed by atoms with van der Waals surface area (Å²) < 4.78 is 35.4. The smallest absolute Gasteiger partial charge is 0.263 e. The van der Waals surface area contributed by atoms with Crippen LogP contribution in [0.5, 0.6) is 11.6 Å². The quantitative estimate of drug-likeness (QED) is 0.400. The van der Waals surface area contributed by atoms with E-state index in [4.69, 9.17) is 27.9 Å². The molecule has 0 unspecified atom stereocenters. The first-order valence-corrected chi connectivity index (χ1v) is 11.6. The van der Waals surface area contributed by atoms with Crippen molar-refractivity contribution in [2.24, 2.45) is 0 Å². The van der Waals surface area contributed by atoms with Crippen LogP contribution in [0.4, 0.5) is 5.69 Å². The fourth-order valence-electron chi connectivity index (χ4n) is 2.85. The fraction of sp³-hybridized carbons (Fsp3) is 0.0952. The molecule has 2 aromatic carbocycles. The maximum atomic E-state index is 12.6. The van der Waals surface area contributed by atoms with E-state index in [0.29, 0.717) is 23.1 Å². The number of nitrogens with one attached hydrogen (secondary N) is 1. The summed E-state index contributed by atoms with van der Waals surface area (Å²) in [5.74, 6) is 1.42. The molecule has 0 aliphatic carbocycles. The molecule has 1 N–H and O–H groups in total. The molecular formula is C21H17Cl2N5O3S. The van der Waals surface area contributed by atoms with Gasteiger partial charge in [0.25, 0.3) is 10.0 Å². The second kappa shape index (κ2) is 8.78. The van der Waals surface area contributed by atoms with Crippen LogP contribution in [-0.2, 0) is 10.0 Å². The van der Waals surface area contributed by atoms with Crippen molar-refractivity contribution in [3.63, 3.8) is 0 Å². The molecule has 11 heteroatoms. The third-order valence-corrected chi connectivity index (χ3v) is 6.74. The second-order valence-electron chi connectivity index (χ2n) is 6.81. The molecule has 164 valence electrons. The summed E-state index contributed by atoms with van der Waals surface area (Å²) in [4.78, 5) is 12.5. The maximum absolute atomic E-state index is 12.6. The Bertz CT molecular complexity index is 1390. The van der Waals surface area contributed by atoms with Crippen molar-refractivity contribution in [1.29, 1.82) is 0 Å². The Labute approximate surface area is 194 Å². The number of imidazole rings is 1. The van der Waals surface area contributed by atoms with Gasteiger partial charge in [-0.2, -0.15) is 0 Å². The largest absolute Gasteiger partial charge is 0.439 e. The minimum Gasteiger partial charge on any atom is -0.439 e. The van der Waals surface area contributed by atoms with E-state index >= 15 is 0 Å². The Kier molecular flexibility index (Phi) is 6.05. The Hall–Kier alpha value is -3.14. The van der Waals surface area contributed by atoms with E-state index in [1.54, 1.807) is 36.7 Å². The van der Waals surface area contributed by atoms with Gasteiger partial charge in [0.15, 0.2) is 0 Å². The molecule has 8 nitrogen and oxygen atoms in total. The van der Waals surface area contributed by atoms with E-state index in [2.05, 4.69) is 19.7 Å². The molecule has 0 saturated carbocycles. The van der Waals surface area contributed by atoms with Crippen LogP contribution in [0.15, 0.2) is 66.1 Å². The Morgan fingerprint density at radius 3 is 2.41 bits per heavy atom. The van der Waals surface area contributed by atoms with Gasteiger partial charge in [-0.05, 0) is 56.3 Å². The average Bonchev–Trinajstić information content (AvgIpc) is 3.09. The van der Waals surface area contributed by atoms with E-state index in [1.165, 1.54) is 24.5 Å². The molecule has 0 aliphatic rings. The number of hydrogen-bond donors (Lipinski definition) is 1. The highest BCUT2D eigenvalue weighted by molar-refractivity contribution is 7.92. The lowest BCUT2D eigenvalue weighted by atomic mass is 10.3. The number of nitrogens with zero attached hydrogens (tertiary/aromatic N) is 4. The van der Waals surface area contributed by atoms with Gasteiger partial charge >= 0.3 is 0 Å². The lowest BCUT2D eigenvalue weighted by Gasteiger charge is -2.11. The van der Waals surface area contributed by atoms with Gasteiger partial charge in [-0.1, -0.05) is 23.2 Å². The van der Waals surface area contributed by atoms with Gasteiger partial charge in [0.1, 0.15) is 29.1 Å². The summed E-state index contributed by atoms with van der Waals surface area (Å²) in [6.07, 6.45) is 3.08. The van der Waals surface area contributed by atoms with E-state index in [1.807, 2.05) is 18.4 Å². The standard InChI is InChI=1S/C21H17Cl2N5O3S/c1-13-14(2)28(12-26-13)20-10-21(25-11-24-20)31-17-6-4-16(5-7-17)27-32(29,30)19-9-15(22)3-8-18(19)23/h3-12,27H,1-2H3. The number of ether oxygens (including phenoxy) is 1. The van der Waals surface area contributed by atoms with Crippen LogP contribution in [0.2, 0.25) is 10.0 Å². The molecule has 0 bridgehead atoms. The van der Waals surface area contributed by atoms with Crippen molar-refractivity contribution in [1.82, 2.24) is 19.5 Å². The topological polar surface area (TPSA) is 99.0 Å². The van der Waals surface area contributed by atoms with E-state index in [9.17, 15) is 8.42 Å². The number of hydrogen-bond acceptors (Lipinski definition) is 6. The molecule has 0 fully saturated rings. The highest BCUT2D eigenvalue weighted by Gasteiger charge is 2.18. The number of rotatable bonds is 6. The number of aryl methyl sites for hydroxylation is 1. The van der Waals surface area contributed by atoms with Gasteiger partial charge in [0, 0.05) is 22.5 Å². The Morgan fingerprint density at radius 2 is 1.72 bits per heavy atom. The van der Waals surface area contributed by atoms with Gasteiger partial charge in [-0.25, -0.2) is 23.4 Å². The lowest BCUT2D eigenvalue weighted by Crippen LogP contribution is -2.13. The molecule has 4 rings (SSSR count). The molecule has 0 radical (unpaired) electrons. The third-order valence-electron chi connectivity index (χ3n) is 4.64. The fourth-order valence-corrected chi connectivity index (χ4v) is 4.67. The van der Waals surface area contributed by atoms with Crippen LogP contribution in [0, 0.1) is 13.8 Å². The number of anilines is 1. The second-order valence-corrected chi connectivity index (χ2v) is 9.30. The van der Waals surface area contributed by atoms with Crippen LogP contribution in [0.25, 0.3) is 5.82 Å². The van der Waals surface area contributed by atoms with Gasteiger partial charge in [0.2, 0.25) is 5.88 Å². The molecule has 0 spiro atoms. The van der Waals surface area contributed by atoms with Gasteiger partial charge in [-0.15, -0.1) is 0 Å². The number of aromatic nitrogens is 4. The number of sulfonamides is 1. The molecule has 2 aromatic heterocycles. The zero-order valence-electron chi connectivity index (χ0n) is 17.0. The first-order chi connectivity index (χ1) is 15.2. The monoisotopic (exact) mass is 489 g/mol. The number of halogens is 2. The molecule has 32 heavy (non-hydrogen) atoms. The Morgan fingerprint density at radius 1 is 0.969 bits per heavy atom. The first-order valence-electron chi connectivity index (χ1n) is 9.32. The summed E-state index contributed by atoms with van der Waals surface area (Å²) in [6.45, 7) is 3.86. The predicted octanol–water partition coefficient (Wildman–Crippen LogP) is 5.18. The Balaban J connectivity index is 1.51. The zero-order chi connectivity index (χ0) is 22.9. The van der Waals surface area contributed by atoms with Gasteiger partial charge in [0.05, 0.1) is 10.7 Å². The minimum absolute atomic E-state index is 0.0738. The molecule has 4 aromatic rings. The molecule has 0 amide bonds. The third kappa shape index (κ3) is 4.69. The summed E-state index contributed by atoms with van der Waals surface area (Å²) in [5.41, 5.74) is 2.20. The van der Waals surface area contributed by atoms with Crippen LogP contribution in [-0.4, -0.2) is 27.9 Å². The molecule has 0 atom stereocenters. The molecule has 0 saturated heterocycles. The van der Waals surface area contributed by atoms with E-state index in [-0.39, 0.29) is 14.9 Å². The lowest BCUT2D eigenvalue weighted by molar-refractivity contribution is 0.461. The van der Waals surface area contributed by atoms with Gasteiger partial charge in [-0.3, -0.25) is 9.29 Å². The summed E-state index contributed by atoms with van der Waals surface area (Å²) >= 11 is 11.9. The molecular weight excluding hydrogens is 473 g/mol. The summed E-state index contributed by atoms with van der Waals surface area (Å²) in [5, 5.41) is 0.341. The predicted molar refractivity (Wildman–Crippen MR) is 122 cm³/mol. The SMILES string of the molecule is Cc1ncn(-c2cc(Oc3ccc(NS(=O)(=O)c4cc(Cl)ccc4Cl)cc3)ncn2)c1C. The van der Waals surface area contributed by atoms with Crippen molar-refractivity contribution in [3.05, 3.63) is 82.6 Å². The van der Waals surface area contributed by atoms with Crippen molar-refractivity contribution >= 4 is 38.9 Å². The van der Waals surface area contributed by atoms with E-state index < -0.39 is 10.0 Å². The summed E-state index contributed by atoms with van der Waals surface area (Å²) in [6, 6.07) is 12.3. The summed E-state index contributed by atoms with van der Waals surface area (Å²) in [7, 11) is -3.91. The van der Waals surface area contributed by atoms with Crippen molar-refractivity contribution in [2.45, 2.75) is 18.7 Å². The molecule has 0 aliphatic heterocycles. The van der Waals surface area contributed by atoms with Crippen LogP contribution in [0.3, 0.4) is 0 Å². The van der Waals surface area contributed by atoms with Crippen LogP contribution < -0.4 is 9.46 Å². The van der Waals surface area contributed by atoms with Crippen LogP contribution in [0.1, 0.15) is 11.4 Å². The highest BCUT2D eigenvalue weighted by atomic mass is 35.5. The zero-order valence-corrected chi connectivity index (χ0v) is 19.3. The first kappa shape index (κ1) is 22.1. The van der Waals surface area contributed by atoms with Crippen molar-refractivity contribution in [2.75, 3.05) is 4.72 Å². The normalized spacial score (nSPS) is 11.4. The van der Waals surface area contributed by atoms with Crippen molar-refractivity contribution in [3.8, 4) is 17.4 Å². The van der Waals surface area contributed by atoms with Gasteiger partial charge < -0.3 is 4.74 Å². The van der Waals surface area contributed by atoms with Crippen LogP contribution >= 0.6 is 23.2 Å². The van der Waals surface area contributed by atoms with E-state index in [0.717, 1.165) is 11.4 Å².